The van der Waals surface area contributed by atoms with Gasteiger partial charge in [-0.05, 0) is 23.8 Å². The Morgan fingerprint density at radius 1 is 1.12 bits per heavy atom. The summed E-state index contributed by atoms with van der Waals surface area (Å²) in [4.78, 5) is 12.0. The molecule has 1 fully saturated rings. The zero-order valence-corrected chi connectivity index (χ0v) is 14.7. The summed E-state index contributed by atoms with van der Waals surface area (Å²) >= 11 is 3.81. The molecule has 6 heteroatoms. The number of ether oxygens (including phenoxy) is 1. The van der Waals surface area contributed by atoms with Gasteiger partial charge in [-0.3, -0.25) is 4.79 Å². The van der Waals surface area contributed by atoms with Crippen LogP contribution < -0.4 is 10.1 Å². The van der Waals surface area contributed by atoms with Crippen LogP contribution in [0.15, 0.2) is 48.5 Å². The lowest BCUT2D eigenvalue weighted by Crippen LogP contribution is -2.28. The highest BCUT2D eigenvalue weighted by atomic mass is 32.2. The van der Waals surface area contributed by atoms with Gasteiger partial charge in [-0.25, -0.2) is 4.39 Å². The molecule has 1 amide bonds. The Morgan fingerprint density at radius 2 is 1.83 bits per heavy atom. The zero-order chi connectivity index (χ0) is 16.8. The van der Waals surface area contributed by atoms with Gasteiger partial charge in [-0.2, -0.15) is 0 Å². The maximum Gasteiger partial charge on any atom is 0.258 e. The van der Waals surface area contributed by atoms with Crippen molar-refractivity contribution in [2.45, 2.75) is 11.1 Å². The molecule has 0 spiro atoms. The number of carbonyl (C=O) groups excluding carboxylic acids is 1. The number of nitrogens with one attached hydrogen (secondary N) is 1. The van der Waals surface area contributed by atoms with Gasteiger partial charge in [0.2, 0.25) is 0 Å². The number of hydrogen-bond acceptors (Lipinski definition) is 4. The highest BCUT2D eigenvalue weighted by molar-refractivity contribution is 8.19. The van der Waals surface area contributed by atoms with E-state index in [-0.39, 0.29) is 18.3 Å². The Labute approximate surface area is 149 Å². The quantitative estimate of drug-likeness (QED) is 0.842. The number of hydrogen-bond donors (Lipinski definition) is 1. The van der Waals surface area contributed by atoms with E-state index in [0.29, 0.717) is 11.1 Å². The maximum absolute atomic E-state index is 12.8. The fraction of sp³-hybridized carbons (Fsp3) is 0.278. The number of rotatable bonds is 6. The molecule has 126 valence electrons. The van der Waals surface area contributed by atoms with Crippen LogP contribution in [0.2, 0.25) is 0 Å². The molecule has 24 heavy (non-hydrogen) atoms. The van der Waals surface area contributed by atoms with Gasteiger partial charge in [0.05, 0.1) is 4.58 Å². The van der Waals surface area contributed by atoms with Gasteiger partial charge in [0.15, 0.2) is 6.61 Å². The lowest BCUT2D eigenvalue weighted by Gasteiger charge is -2.15. The van der Waals surface area contributed by atoms with Crippen LogP contribution in [0.4, 0.5) is 4.39 Å². The van der Waals surface area contributed by atoms with Crippen LogP contribution in [0.1, 0.15) is 15.7 Å². The molecule has 2 aromatic carbocycles. The molecule has 0 aliphatic carbocycles. The number of thioether (sulfide) groups is 2. The molecule has 1 aliphatic heterocycles. The average molecular weight is 363 g/mol. The molecule has 3 rings (SSSR count). The van der Waals surface area contributed by atoms with Crippen molar-refractivity contribution < 1.29 is 13.9 Å². The van der Waals surface area contributed by atoms with Crippen LogP contribution in [0.5, 0.6) is 5.75 Å². The summed E-state index contributed by atoms with van der Waals surface area (Å²) < 4.78 is 18.9. The van der Waals surface area contributed by atoms with E-state index in [4.69, 9.17) is 4.74 Å². The summed E-state index contributed by atoms with van der Waals surface area (Å²) in [6.45, 7) is 0.332. The summed E-state index contributed by atoms with van der Waals surface area (Å²) in [6.07, 6.45) is 0. The summed E-state index contributed by atoms with van der Waals surface area (Å²) in [5, 5.41) is 2.78. The first-order valence-electron chi connectivity index (χ1n) is 7.68. The summed E-state index contributed by atoms with van der Waals surface area (Å²) in [6, 6.07) is 13.9. The molecule has 1 N–H and O–H groups in total. The van der Waals surface area contributed by atoms with E-state index in [0.717, 1.165) is 28.4 Å². The predicted octanol–water partition coefficient (Wildman–Crippen LogP) is 4.00. The van der Waals surface area contributed by atoms with Crippen LogP contribution in [0.25, 0.3) is 0 Å². The highest BCUT2D eigenvalue weighted by Gasteiger charge is 2.21. The van der Waals surface area contributed by atoms with Crippen molar-refractivity contribution in [3.05, 3.63) is 65.5 Å². The van der Waals surface area contributed by atoms with E-state index in [9.17, 15) is 9.18 Å². The minimum absolute atomic E-state index is 0.0275. The third-order valence-electron chi connectivity index (χ3n) is 3.56. The Bertz CT molecular complexity index is 688. The molecule has 0 saturated carbocycles. The van der Waals surface area contributed by atoms with Gasteiger partial charge < -0.3 is 10.1 Å². The molecule has 0 atom stereocenters. The molecule has 0 unspecified atom stereocenters. The van der Waals surface area contributed by atoms with Crippen LogP contribution in [-0.2, 0) is 11.3 Å². The van der Waals surface area contributed by atoms with Crippen molar-refractivity contribution in [2.24, 2.45) is 0 Å². The van der Waals surface area contributed by atoms with Gasteiger partial charge in [-0.1, -0.05) is 30.3 Å². The number of carbonyl (C=O) groups is 1. The first kappa shape index (κ1) is 17.2. The smallest absolute Gasteiger partial charge is 0.258 e. The lowest BCUT2D eigenvalue weighted by atomic mass is 10.2. The average Bonchev–Trinajstić information content (AvgIpc) is 3.14. The molecule has 0 bridgehead atoms. The van der Waals surface area contributed by atoms with Crippen LogP contribution in [0.3, 0.4) is 0 Å². The Balaban J connectivity index is 1.52. The SMILES string of the molecule is O=C(COc1ccccc1C1SCCS1)NCc1ccc(F)cc1. The first-order valence-corrected chi connectivity index (χ1v) is 9.78. The van der Waals surface area contributed by atoms with Gasteiger partial charge in [-0.15, -0.1) is 23.5 Å². The Hall–Kier alpha value is -1.66. The molecule has 1 heterocycles. The number of para-hydroxylation sites is 1. The van der Waals surface area contributed by atoms with Crippen molar-refractivity contribution in [3.63, 3.8) is 0 Å². The first-order chi connectivity index (χ1) is 11.7. The standard InChI is InChI=1S/C18H18FNO2S2/c19-14-7-5-13(6-8-14)11-20-17(21)12-22-16-4-2-1-3-15(16)18-23-9-10-24-18/h1-8,18H,9-12H2,(H,20,21). The van der Waals surface area contributed by atoms with E-state index >= 15 is 0 Å². The zero-order valence-electron chi connectivity index (χ0n) is 13.0. The minimum atomic E-state index is -0.285. The van der Waals surface area contributed by atoms with Gasteiger partial charge in [0.25, 0.3) is 5.91 Å². The van der Waals surface area contributed by atoms with E-state index in [1.165, 1.54) is 12.1 Å². The molecule has 1 saturated heterocycles. The van der Waals surface area contributed by atoms with E-state index in [1.807, 2.05) is 41.7 Å². The Kier molecular flexibility index (Phi) is 6.04. The van der Waals surface area contributed by atoms with Crippen molar-refractivity contribution in [1.29, 1.82) is 0 Å². The fourth-order valence-electron chi connectivity index (χ4n) is 2.34. The molecule has 1 aliphatic rings. The molecule has 2 aromatic rings. The normalized spacial score (nSPS) is 14.5. The molecular formula is C18H18FNO2S2. The second kappa shape index (κ2) is 8.44. The number of benzene rings is 2. The van der Waals surface area contributed by atoms with Crippen LogP contribution in [0, 0.1) is 5.82 Å². The fourth-order valence-corrected chi connectivity index (χ4v) is 5.25. The minimum Gasteiger partial charge on any atom is -0.483 e. The molecule has 3 nitrogen and oxygen atoms in total. The number of halogens is 1. The monoisotopic (exact) mass is 363 g/mol. The second-order valence-electron chi connectivity index (χ2n) is 5.30. The van der Waals surface area contributed by atoms with Crippen molar-refractivity contribution in [2.75, 3.05) is 18.1 Å². The van der Waals surface area contributed by atoms with Crippen molar-refractivity contribution >= 4 is 29.4 Å². The van der Waals surface area contributed by atoms with E-state index in [1.54, 1.807) is 12.1 Å². The topological polar surface area (TPSA) is 38.3 Å². The van der Waals surface area contributed by atoms with E-state index < -0.39 is 0 Å². The molecular weight excluding hydrogens is 345 g/mol. The van der Waals surface area contributed by atoms with Crippen LogP contribution >= 0.6 is 23.5 Å². The highest BCUT2D eigenvalue weighted by Crippen LogP contribution is 2.48. The predicted molar refractivity (Wildman–Crippen MR) is 97.8 cm³/mol. The maximum atomic E-state index is 12.8. The Morgan fingerprint density at radius 3 is 2.58 bits per heavy atom. The number of amides is 1. The second-order valence-corrected chi connectivity index (χ2v) is 8.03. The lowest BCUT2D eigenvalue weighted by molar-refractivity contribution is -0.123. The van der Waals surface area contributed by atoms with Crippen molar-refractivity contribution in [1.82, 2.24) is 5.32 Å². The summed E-state index contributed by atoms with van der Waals surface area (Å²) in [5.74, 6) is 2.57. The molecule has 0 aromatic heterocycles. The van der Waals surface area contributed by atoms with Gasteiger partial charge >= 0.3 is 0 Å². The van der Waals surface area contributed by atoms with E-state index in [2.05, 4.69) is 11.4 Å². The summed E-state index contributed by atoms with van der Waals surface area (Å²) in [7, 11) is 0. The molecule has 0 radical (unpaired) electrons. The largest absolute Gasteiger partial charge is 0.483 e. The third kappa shape index (κ3) is 4.68. The van der Waals surface area contributed by atoms with Crippen molar-refractivity contribution in [3.8, 4) is 5.75 Å². The van der Waals surface area contributed by atoms with Gasteiger partial charge in [0, 0.05) is 23.6 Å². The summed E-state index contributed by atoms with van der Waals surface area (Å²) in [5.41, 5.74) is 1.99. The van der Waals surface area contributed by atoms with Gasteiger partial charge in [0.1, 0.15) is 11.6 Å². The third-order valence-corrected chi connectivity index (χ3v) is 6.62. The van der Waals surface area contributed by atoms with Crippen LogP contribution in [-0.4, -0.2) is 24.0 Å².